The first-order chi connectivity index (χ1) is 13.9. The van der Waals surface area contributed by atoms with Crippen LogP contribution in [0.5, 0.6) is 0 Å². The SMILES string of the molecule is CCCCNC(=O)[C@H](C)[C@H]1Sc2ccccc2N(Cc2cc(C)ccc2C)C1=O. The summed E-state index contributed by atoms with van der Waals surface area (Å²) in [6.45, 7) is 9.28. The number of anilines is 1. The van der Waals surface area contributed by atoms with Crippen molar-refractivity contribution in [3.05, 3.63) is 59.2 Å². The van der Waals surface area contributed by atoms with Gasteiger partial charge in [-0.3, -0.25) is 9.59 Å². The molecule has 1 aliphatic heterocycles. The first kappa shape index (κ1) is 21.4. The Balaban J connectivity index is 1.88. The fourth-order valence-electron chi connectivity index (χ4n) is 3.55. The molecule has 0 bridgehead atoms. The molecule has 4 nitrogen and oxygen atoms in total. The van der Waals surface area contributed by atoms with Gasteiger partial charge in [0.15, 0.2) is 0 Å². The number of unbranched alkanes of at least 4 members (excludes halogenated alkanes) is 1. The number of thioether (sulfide) groups is 1. The lowest BCUT2D eigenvalue weighted by Crippen LogP contribution is -2.47. The topological polar surface area (TPSA) is 49.4 Å². The van der Waals surface area contributed by atoms with Crippen molar-refractivity contribution in [2.24, 2.45) is 5.92 Å². The predicted molar refractivity (Wildman–Crippen MR) is 120 cm³/mol. The minimum absolute atomic E-state index is 0.00717. The Morgan fingerprint density at radius 2 is 1.97 bits per heavy atom. The lowest BCUT2D eigenvalue weighted by Gasteiger charge is -2.36. The summed E-state index contributed by atoms with van der Waals surface area (Å²) < 4.78 is 0. The smallest absolute Gasteiger partial charge is 0.241 e. The largest absolute Gasteiger partial charge is 0.356 e. The molecule has 1 aliphatic rings. The first-order valence-electron chi connectivity index (χ1n) is 10.3. The zero-order valence-electron chi connectivity index (χ0n) is 17.7. The minimum atomic E-state index is -0.420. The summed E-state index contributed by atoms with van der Waals surface area (Å²) in [6.07, 6.45) is 1.98. The van der Waals surface area contributed by atoms with Gasteiger partial charge in [-0.1, -0.05) is 56.2 Å². The molecule has 0 saturated heterocycles. The summed E-state index contributed by atoms with van der Waals surface area (Å²) >= 11 is 1.51. The minimum Gasteiger partial charge on any atom is -0.356 e. The molecule has 0 saturated carbocycles. The third kappa shape index (κ3) is 4.84. The number of carbonyl (C=O) groups is 2. The molecule has 1 N–H and O–H groups in total. The molecule has 0 radical (unpaired) electrons. The molecule has 2 aromatic rings. The van der Waals surface area contributed by atoms with Crippen LogP contribution in [0.25, 0.3) is 0 Å². The quantitative estimate of drug-likeness (QED) is 0.663. The average molecular weight is 411 g/mol. The number of aryl methyl sites for hydroxylation is 2. The number of fused-ring (bicyclic) bond motifs is 1. The predicted octanol–water partition coefficient (Wildman–Crippen LogP) is 4.86. The van der Waals surface area contributed by atoms with Crippen molar-refractivity contribution in [3.8, 4) is 0 Å². The van der Waals surface area contributed by atoms with Crippen LogP contribution in [-0.2, 0) is 16.1 Å². The van der Waals surface area contributed by atoms with Crippen LogP contribution in [0.2, 0.25) is 0 Å². The van der Waals surface area contributed by atoms with Crippen LogP contribution in [0.1, 0.15) is 43.4 Å². The van der Waals surface area contributed by atoms with E-state index >= 15 is 0 Å². The number of benzene rings is 2. The molecule has 154 valence electrons. The van der Waals surface area contributed by atoms with Crippen LogP contribution in [0.4, 0.5) is 5.69 Å². The highest BCUT2D eigenvalue weighted by Gasteiger charge is 2.39. The summed E-state index contributed by atoms with van der Waals surface area (Å²) in [4.78, 5) is 29.0. The van der Waals surface area contributed by atoms with E-state index in [2.05, 4.69) is 44.3 Å². The maximum absolute atomic E-state index is 13.5. The van der Waals surface area contributed by atoms with Gasteiger partial charge in [0.05, 0.1) is 18.2 Å². The normalized spacial score (nSPS) is 17.0. The number of amides is 2. The molecule has 2 amide bonds. The molecule has 2 aromatic carbocycles. The molecule has 0 aliphatic carbocycles. The molecule has 2 atom stereocenters. The standard InChI is InChI=1S/C24H30N2O2S/c1-5-6-13-25-23(27)18(4)22-24(28)26(20-9-7-8-10-21(20)29-22)15-19-14-16(2)11-12-17(19)3/h7-12,14,18,22H,5-6,13,15H2,1-4H3,(H,25,27)/t18-,22-/m1/s1. The van der Waals surface area contributed by atoms with E-state index < -0.39 is 5.25 Å². The Morgan fingerprint density at radius 3 is 2.72 bits per heavy atom. The molecule has 0 unspecified atom stereocenters. The second-order valence-corrected chi connectivity index (χ2v) is 8.98. The molecule has 0 aromatic heterocycles. The van der Waals surface area contributed by atoms with Gasteiger partial charge in [0.1, 0.15) is 5.25 Å². The maximum Gasteiger partial charge on any atom is 0.241 e. The van der Waals surface area contributed by atoms with Crippen molar-refractivity contribution in [2.75, 3.05) is 11.4 Å². The zero-order chi connectivity index (χ0) is 21.0. The summed E-state index contributed by atoms with van der Waals surface area (Å²) in [5, 5.41) is 2.56. The molecular formula is C24H30N2O2S. The Bertz CT molecular complexity index is 896. The molecule has 0 fully saturated rings. The highest BCUT2D eigenvalue weighted by atomic mass is 32.2. The van der Waals surface area contributed by atoms with Crippen molar-refractivity contribution < 1.29 is 9.59 Å². The number of hydrogen-bond donors (Lipinski definition) is 1. The van der Waals surface area contributed by atoms with Crippen molar-refractivity contribution in [3.63, 3.8) is 0 Å². The molecule has 29 heavy (non-hydrogen) atoms. The maximum atomic E-state index is 13.5. The molecule has 5 heteroatoms. The van der Waals surface area contributed by atoms with E-state index in [1.807, 2.05) is 36.1 Å². The van der Waals surface area contributed by atoms with Gasteiger partial charge < -0.3 is 10.2 Å². The number of nitrogens with zero attached hydrogens (tertiary/aromatic N) is 1. The summed E-state index contributed by atoms with van der Waals surface area (Å²) in [5.74, 6) is -0.429. The van der Waals surface area contributed by atoms with Crippen LogP contribution in [-0.4, -0.2) is 23.6 Å². The Hall–Kier alpha value is -2.27. The van der Waals surface area contributed by atoms with E-state index in [9.17, 15) is 9.59 Å². The van der Waals surface area contributed by atoms with Gasteiger partial charge in [-0.2, -0.15) is 0 Å². The molecular weight excluding hydrogens is 380 g/mol. The van der Waals surface area contributed by atoms with Crippen molar-refractivity contribution in [1.82, 2.24) is 5.32 Å². The van der Waals surface area contributed by atoms with E-state index in [-0.39, 0.29) is 17.7 Å². The van der Waals surface area contributed by atoms with E-state index in [0.717, 1.165) is 29.0 Å². The fraction of sp³-hybridized carbons (Fsp3) is 0.417. The number of rotatable bonds is 7. The number of nitrogens with one attached hydrogen (secondary N) is 1. The summed E-state index contributed by atoms with van der Waals surface area (Å²) in [5.41, 5.74) is 4.41. The van der Waals surface area contributed by atoms with Crippen LogP contribution in [0, 0.1) is 19.8 Å². The fourth-order valence-corrected chi connectivity index (χ4v) is 4.83. The van der Waals surface area contributed by atoms with Crippen molar-refractivity contribution in [1.29, 1.82) is 0 Å². The highest BCUT2D eigenvalue weighted by Crippen LogP contribution is 2.42. The lowest BCUT2D eigenvalue weighted by molar-refractivity contribution is -0.128. The van der Waals surface area contributed by atoms with Crippen LogP contribution >= 0.6 is 11.8 Å². The van der Waals surface area contributed by atoms with Crippen molar-refractivity contribution >= 4 is 29.3 Å². The molecule has 1 heterocycles. The van der Waals surface area contributed by atoms with Gasteiger partial charge in [-0.25, -0.2) is 0 Å². The van der Waals surface area contributed by atoms with Gasteiger partial charge in [0, 0.05) is 11.4 Å². The Labute approximate surface area is 178 Å². The van der Waals surface area contributed by atoms with Crippen LogP contribution in [0.3, 0.4) is 0 Å². The van der Waals surface area contributed by atoms with Crippen LogP contribution < -0.4 is 10.2 Å². The highest BCUT2D eigenvalue weighted by molar-refractivity contribution is 8.01. The second-order valence-electron chi connectivity index (χ2n) is 7.79. The number of carbonyl (C=O) groups excluding carboxylic acids is 2. The second kappa shape index (κ2) is 9.49. The van der Waals surface area contributed by atoms with E-state index in [0.29, 0.717) is 13.1 Å². The van der Waals surface area contributed by atoms with Gasteiger partial charge in [0.2, 0.25) is 11.8 Å². The van der Waals surface area contributed by atoms with Crippen molar-refractivity contribution in [2.45, 2.75) is 57.2 Å². The van der Waals surface area contributed by atoms with Gasteiger partial charge in [0.25, 0.3) is 0 Å². The summed E-state index contributed by atoms with van der Waals surface area (Å²) in [7, 11) is 0. The lowest BCUT2D eigenvalue weighted by atomic mass is 10.0. The first-order valence-corrected chi connectivity index (χ1v) is 11.2. The number of para-hydroxylation sites is 1. The van der Waals surface area contributed by atoms with E-state index in [4.69, 9.17) is 0 Å². The Kier molecular flexibility index (Phi) is 7.01. The Morgan fingerprint density at radius 1 is 1.21 bits per heavy atom. The van der Waals surface area contributed by atoms with E-state index in [1.165, 1.54) is 22.9 Å². The molecule has 0 spiro atoms. The van der Waals surface area contributed by atoms with E-state index in [1.54, 1.807) is 0 Å². The van der Waals surface area contributed by atoms with Gasteiger partial charge in [-0.05, 0) is 43.5 Å². The molecule has 3 rings (SSSR count). The zero-order valence-corrected chi connectivity index (χ0v) is 18.5. The number of hydrogen-bond acceptors (Lipinski definition) is 3. The third-order valence-corrected chi connectivity index (χ3v) is 6.91. The monoisotopic (exact) mass is 410 g/mol. The average Bonchev–Trinajstić information content (AvgIpc) is 2.72. The van der Waals surface area contributed by atoms with Gasteiger partial charge in [-0.15, -0.1) is 11.8 Å². The third-order valence-electron chi connectivity index (χ3n) is 5.45. The van der Waals surface area contributed by atoms with Crippen LogP contribution in [0.15, 0.2) is 47.4 Å². The summed E-state index contributed by atoms with van der Waals surface area (Å²) in [6, 6.07) is 14.3. The van der Waals surface area contributed by atoms with Gasteiger partial charge >= 0.3 is 0 Å².